The number of carbonyl (C=O) groups is 2. The quantitative estimate of drug-likeness (QED) is 0.788. The van der Waals surface area contributed by atoms with Crippen LogP contribution < -0.4 is 14.8 Å². The zero-order chi connectivity index (χ0) is 19.1. The minimum atomic E-state index is -0.508. The Labute approximate surface area is 156 Å². The van der Waals surface area contributed by atoms with Gasteiger partial charge in [0.25, 0.3) is 5.91 Å². The lowest BCUT2D eigenvalue weighted by atomic mass is 10.1. The van der Waals surface area contributed by atoms with Gasteiger partial charge >= 0.3 is 5.97 Å². The normalized spacial score (nSPS) is 12.0. The Hall–Kier alpha value is -3.53. The highest BCUT2D eigenvalue weighted by molar-refractivity contribution is 5.92. The van der Waals surface area contributed by atoms with E-state index < -0.39 is 11.9 Å². The number of rotatable bonds is 6. The summed E-state index contributed by atoms with van der Waals surface area (Å²) in [6.45, 7) is 0.604. The molecule has 138 valence electrons. The summed E-state index contributed by atoms with van der Waals surface area (Å²) in [6.07, 6.45) is 0.346. The summed E-state index contributed by atoms with van der Waals surface area (Å²) in [7, 11) is 0. The van der Waals surface area contributed by atoms with Crippen LogP contribution in [0.1, 0.15) is 11.1 Å². The second kappa shape index (κ2) is 8.72. The lowest BCUT2D eigenvalue weighted by Gasteiger charge is -2.18. The molecule has 1 aliphatic rings. The second-order valence-corrected chi connectivity index (χ2v) is 5.90. The van der Waals surface area contributed by atoms with E-state index in [1.54, 1.807) is 42.5 Å². The maximum atomic E-state index is 11.9. The first-order chi connectivity index (χ1) is 13.1. The van der Waals surface area contributed by atoms with Gasteiger partial charge in [0.2, 0.25) is 0 Å². The number of carbonyl (C=O) groups excluding carboxylic acids is 2. The average Bonchev–Trinajstić information content (AvgIpc) is 2.68. The Bertz CT molecular complexity index is 871. The van der Waals surface area contributed by atoms with Gasteiger partial charge in [0.1, 0.15) is 13.2 Å². The van der Waals surface area contributed by atoms with E-state index in [4.69, 9.17) is 19.5 Å². The first-order valence-electron chi connectivity index (χ1n) is 8.44. The molecular formula is C20H18N2O5. The number of esters is 1. The minimum Gasteiger partial charge on any atom is -0.486 e. The molecule has 27 heavy (non-hydrogen) atoms. The van der Waals surface area contributed by atoms with Crippen LogP contribution in [0.15, 0.2) is 42.5 Å². The van der Waals surface area contributed by atoms with E-state index >= 15 is 0 Å². The summed E-state index contributed by atoms with van der Waals surface area (Å²) >= 11 is 0. The lowest BCUT2D eigenvalue weighted by molar-refractivity contribution is -0.146. The largest absolute Gasteiger partial charge is 0.486 e. The summed E-state index contributed by atoms with van der Waals surface area (Å²) in [6, 6.07) is 14.2. The zero-order valence-electron chi connectivity index (χ0n) is 14.6. The van der Waals surface area contributed by atoms with E-state index in [2.05, 4.69) is 11.4 Å². The van der Waals surface area contributed by atoms with Crippen LogP contribution in [-0.4, -0.2) is 31.7 Å². The highest BCUT2D eigenvalue weighted by Gasteiger charge is 2.14. The van der Waals surface area contributed by atoms with Gasteiger partial charge < -0.3 is 19.5 Å². The SMILES string of the molecule is N#CCc1ccc(NC(=O)COC(=O)Cc2ccc3c(c2)OCCO3)cc1. The van der Waals surface area contributed by atoms with Crippen molar-refractivity contribution in [3.63, 3.8) is 0 Å². The molecule has 1 heterocycles. The van der Waals surface area contributed by atoms with Crippen LogP contribution >= 0.6 is 0 Å². The van der Waals surface area contributed by atoms with E-state index in [1.807, 2.05) is 0 Å². The number of anilines is 1. The highest BCUT2D eigenvalue weighted by Crippen LogP contribution is 2.30. The molecule has 0 aromatic heterocycles. The van der Waals surface area contributed by atoms with E-state index in [0.717, 1.165) is 11.1 Å². The predicted octanol–water partition coefficient (Wildman–Crippen LogP) is 2.25. The third kappa shape index (κ3) is 5.22. The highest BCUT2D eigenvalue weighted by atomic mass is 16.6. The van der Waals surface area contributed by atoms with E-state index in [-0.39, 0.29) is 13.0 Å². The van der Waals surface area contributed by atoms with Gasteiger partial charge in [-0.25, -0.2) is 0 Å². The molecule has 0 aliphatic carbocycles. The molecule has 1 N–H and O–H groups in total. The Morgan fingerprint density at radius 2 is 1.74 bits per heavy atom. The van der Waals surface area contributed by atoms with Gasteiger partial charge in [0.05, 0.1) is 18.9 Å². The molecule has 3 rings (SSSR count). The molecule has 0 saturated carbocycles. The molecule has 0 saturated heterocycles. The molecular weight excluding hydrogens is 348 g/mol. The zero-order valence-corrected chi connectivity index (χ0v) is 14.6. The van der Waals surface area contributed by atoms with Gasteiger partial charge in [-0.2, -0.15) is 5.26 Å². The number of hydrogen-bond acceptors (Lipinski definition) is 6. The van der Waals surface area contributed by atoms with Crippen molar-refractivity contribution >= 4 is 17.6 Å². The summed E-state index contributed by atoms with van der Waals surface area (Å²) in [5.41, 5.74) is 2.16. The Balaban J connectivity index is 1.46. The van der Waals surface area contributed by atoms with E-state index in [0.29, 0.717) is 36.8 Å². The standard InChI is InChI=1S/C20H18N2O5/c21-8-7-14-1-4-16(5-2-14)22-19(23)13-27-20(24)12-15-3-6-17-18(11-15)26-10-9-25-17/h1-6,11H,7,9-10,12-13H2,(H,22,23). The first kappa shape index (κ1) is 18.3. The maximum Gasteiger partial charge on any atom is 0.310 e. The number of fused-ring (bicyclic) bond motifs is 1. The third-order valence-electron chi connectivity index (χ3n) is 3.84. The fourth-order valence-corrected chi connectivity index (χ4v) is 2.56. The number of nitrogens with one attached hydrogen (secondary N) is 1. The van der Waals surface area contributed by atoms with Gasteiger partial charge in [0.15, 0.2) is 18.1 Å². The molecule has 0 bridgehead atoms. The number of benzene rings is 2. The van der Waals surface area contributed by atoms with Gasteiger partial charge in [0, 0.05) is 5.69 Å². The number of nitrogens with zero attached hydrogens (tertiary/aromatic N) is 1. The average molecular weight is 366 g/mol. The smallest absolute Gasteiger partial charge is 0.310 e. The molecule has 1 amide bonds. The molecule has 0 radical (unpaired) electrons. The van der Waals surface area contributed by atoms with Crippen LogP contribution in [0.25, 0.3) is 0 Å². The van der Waals surface area contributed by atoms with E-state index in [1.165, 1.54) is 0 Å². The van der Waals surface area contributed by atoms with Crippen LogP contribution in [0.4, 0.5) is 5.69 Å². The molecule has 0 atom stereocenters. The van der Waals surface area contributed by atoms with E-state index in [9.17, 15) is 9.59 Å². The molecule has 7 heteroatoms. The monoisotopic (exact) mass is 366 g/mol. The second-order valence-electron chi connectivity index (χ2n) is 5.90. The van der Waals surface area contributed by atoms with Crippen LogP contribution in [0.3, 0.4) is 0 Å². The van der Waals surface area contributed by atoms with Crippen molar-refractivity contribution in [2.75, 3.05) is 25.1 Å². The van der Waals surface area contributed by atoms with Crippen LogP contribution in [0.5, 0.6) is 11.5 Å². The van der Waals surface area contributed by atoms with Crippen molar-refractivity contribution in [3.05, 3.63) is 53.6 Å². The fraction of sp³-hybridized carbons (Fsp3) is 0.250. The minimum absolute atomic E-state index is 0.0345. The van der Waals surface area contributed by atoms with Crippen molar-refractivity contribution < 1.29 is 23.8 Å². The Morgan fingerprint density at radius 1 is 1.04 bits per heavy atom. The van der Waals surface area contributed by atoms with Gasteiger partial charge in [-0.3, -0.25) is 9.59 Å². The molecule has 7 nitrogen and oxygen atoms in total. The maximum absolute atomic E-state index is 11.9. The fourth-order valence-electron chi connectivity index (χ4n) is 2.56. The van der Waals surface area contributed by atoms with Crippen LogP contribution in [-0.2, 0) is 27.2 Å². The molecule has 2 aromatic rings. The summed E-state index contributed by atoms with van der Waals surface area (Å²) < 4.78 is 15.9. The topological polar surface area (TPSA) is 97.7 Å². The van der Waals surface area contributed by atoms with Crippen LogP contribution in [0.2, 0.25) is 0 Å². The summed E-state index contributed by atoms with van der Waals surface area (Å²) in [4.78, 5) is 23.8. The third-order valence-corrected chi connectivity index (χ3v) is 3.84. The summed E-state index contributed by atoms with van der Waals surface area (Å²) in [5, 5.41) is 11.3. The first-order valence-corrected chi connectivity index (χ1v) is 8.44. The Morgan fingerprint density at radius 3 is 2.48 bits per heavy atom. The Kier molecular flexibility index (Phi) is 5.90. The molecule has 2 aromatic carbocycles. The van der Waals surface area contributed by atoms with Crippen molar-refractivity contribution in [3.8, 4) is 17.6 Å². The number of nitriles is 1. The van der Waals surface area contributed by atoms with Gasteiger partial charge in [-0.15, -0.1) is 0 Å². The lowest BCUT2D eigenvalue weighted by Crippen LogP contribution is -2.21. The molecule has 0 spiro atoms. The molecule has 1 aliphatic heterocycles. The van der Waals surface area contributed by atoms with Crippen LogP contribution in [0, 0.1) is 11.3 Å². The van der Waals surface area contributed by atoms with Crippen molar-refractivity contribution in [1.29, 1.82) is 5.26 Å². The summed E-state index contributed by atoms with van der Waals surface area (Å²) in [5.74, 6) is 0.312. The van der Waals surface area contributed by atoms with Crippen molar-refractivity contribution in [2.45, 2.75) is 12.8 Å². The van der Waals surface area contributed by atoms with Crippen molar-refractivity contribution in [2.24, 2.45) is 0 Å². The molecule has 0 unspecified atom stereocenters. The number of hydrogen-bond donors (Lipinski definition) is 1. The van der Waals surface area contributed by atoms with Gasteiger partial charge in [-0.1, -0.05) is 18.2 Å². The predicted molar refractivity (Wildman–Crippen MR) is 96.5 cm³/mol. The number of ether oxygens (including phenoxy) is 3. The van der Waals surface area contributed by atoms with Gasteiger partial charge in [-0.05, 0) is 35.4 Å². The molecule has 0 fully saturated rings. The number of amides is 1. The van der Waals surface area contributed by atoms with Crippen molar-refractivity contribution in [1.82, 2.24) is 0 Å².